The smallest absolute Gasteiger partial charge is 0.330 e. The van der Waals surface area contributed by atoms with Crippen molar-refractivity contribution in [3.05, 3.63) is 35.4 Å². The van der Waals surface area contributed by atoms with Gasteiger partial charge in [-0.15, -0.1) is 0 Å². The molecule has 36 heavy (non-hydrogen) atoms. The Bertz CT molecular complexity index is 950. The van der Waals surface area contributed by atoms with E-state index in [4.69, 9.17) is 11.5 Å². The topological polar surface area (TPSA) is 185 Å². The van der Waals surface area contributed by atoms with Gasteiger partial charge in [-0.1, -0.05) is 43.5 Å². The molecule has 3 rings (SSSR count). The van der Waals surface area contributed by atoms with Crippen LogP contribution in [-0.2, 0) is 32.0 Å². The summed E-state index contributed by atoms with van der Waals surface area (Å²) in [5.74, 6) is -4.09. The van der Waals surface area contributed by atoms with Crippen LogP contribution in [0.5, 0.6) is 0 Å². The summed E-state index contributed by atoms with van der Waals surface area (Å²) in [5, 5.41) is 25.4. The van der Waals surface area contributed by atoms with E-state index >= 15 is 0 Å². The van der Waals surface area contributed by atoms with Gasteiger partial charge in [0.1, 0.15) is 5.54 Å². The van der Waals surface area contributed by atoms with E-state index in [1.165, 1.54) is 0 Å². The zero-order chi connectivity index (χ0) is 26.3. The number of nitrogens with one attached hydrogen (secondary N) is 2. The van der Waals surface area contributed by atoms with Crippen molar-refractivity contribution in [3.63, 3.8) is 0 Å². The Kier molecular flexibility index (Phi) is 9.08. The van der Waals surface area contributed by atoms with E-state index in [1.807, 2.05) is 24.3 Å². The number of unbranched alkanes of at least 4 members (excludes halogenated alkanes) is 1. The molecule has 1 fully saturated rings. The Morgan fingerprint density at radius 3 is 2.14 bits per heavy atom. The maximum Gasteiger partial charge on any atom is 0.330 e. The molecular formula is C26H38N4O6. The first-order valence-electron chi connectivity index (χ1n) is 12.7. The van der Waals surface area contributed by atoms with Gasteiger partial charge in [0.05, 0.1) is 17.4 Å². The molecule has 10 nitrogen and oxygen atoms in total. The zero-order valence-corrected chi connectivity index (χ0v) is 20.6. The lowest BCUT2D eigenvalue weighted by Gasteiger charge is -2.35. The first kappa shape index (κ1) is 27.6. The Morgan fingerprint density at radius 2 is 1.61 bits per heavy atom. The molecule has 0 spiro atoms. The molecule has 1 aromatic rings. The van der Waals surface area contributed by atoms with Crippen LogP contribution in [0.25, 0.3) is 0 Å². The monoisotopic (exact) mass is 502 g/mol. The van der Waals surface area contributed by atoms with Gasteiger partial charge in [-0.25, -0.2) is 4.79 Å². The first-order valence-corrected chi connectivity index (χ1v) is 12.7. The number of aliphatic carboxylic acids is 2. The fourth-order valence-electron chi connectivity index (χ4n) is 5.55. The third kappa shape index (κ3) is 6.22. The van der Waals surface area contributed by atoms with Crippen LogP contribution in [0.2, 0.25) is 0 Å². The molecule has 0 saturated heterocycles. The Hall–Kier alpha value is -2.98. The number of carboxylic acids is 2. The number of carboxylic acid groups (broad SMARTS) is 2. The predicted octanol–water partition coefficient (Wildman–Crippen LogP) is 0.949. The molecular weight excluding hydrogens is 464 g/mol. The van der Waals surface area contributed by atoms with Crippen molar-refractivity contribution in [2.45, 2.75) is 75.8 Å². The quantitative estimate of drug-likeness (QED) is 0.215. The molecule has 0 heterocycles. The van der Waals surface area contributed by atoms with Gasteiger partial charge in [-0.3, -0.25) is 14.4 Å². The molecule has 1 saturated carbocycles. The number of nitrogens with two attached hydrogens (primary N) is 2. The summed E-state index contributed by atoms with van der Waals surface area (Å²) in [6, 6.07) is 6.65. The molecule has 0 radical (unpaired) electrons. The van der Waals surface area contributed by atoms with Gasteiger partial charge in [0.25, 0.3) is 0 Å². The molecule has 1 aromatic carbocycles. The minimum atomic E-state index is -1.46. The highest BCUT2D eigenvalue weighted by Crippen LogP contribution is 2.44. The van der Waals surface area contributed by atoms with Crippen LogP contribution in [-0.4, -0.2) is 58.6 Å². The van der Waals surface area contributed by atoms with Crippen molar-refractivity contribution in [2.24, 2.45) is 22.8 Å². The lowest BCUT2D eigenvalue weighted by atomic mass is 9.75. The van der Waals surface area contributed by atoms with E-state index in [1.54, 1.807) is 0 Å². The van der Waals surface area contributed by atoms with Gasteiger partial charge in [0.15, 0.2) is 0 Å². The maximum absolute atomic E-state index is 13.7. The summed E-state index contributed by atoms with van der Waals surface area (Å²) in [7, 11) is 0. The van der Waals surface area contributed by atoms with E-state index in [0.29, 0.717) is 32.2 Å². The van der Waals surface area contributed by atoms with Gasteiger partial charge >= 0.3 is 11.9 Å². The molecule has 0 bridgehead atoms. The van der Waals surface area contributed by atoms with E-state index in [2.05, 4.69) is 10.6 Å². The summed E-state index contributed by atoms with van der Waals surface area (Å²) in [4.78, 5) is 50.4. The predicted molar refractivity (Wildman–Crippen MR) is 133 cm³/mol. The summed E-state index contributed by atoms with van der Waals surface area (Å²) < 4.78 is 0. The summed E-state index contributed by atoms with van der Waals surface area (Å²) in [6.45, 7) is 0.359. The number of carbonyl (C=O) groups is 4. The highest BCUT2D eigenvalue weighted by atomic mass is 16.4. The van der Waals surface area contributed by atoms with Crippen LogP contribution in [0.4, 0.5) is 0 Å². The molecule has 0 unspecified atom stereocenters. The Labute approximate surface area is 211 Å². The van der Waals surface area contributed by atoms with Crippen LogP contribution < -0.4 is 22.1 Å². The molecule has 198 valence electrons. The Balaban J connectivity index is 1.70. The van der Waals surface area contributed by atoms with E-state index < -0.39 is 46.7 Å². The molecule has 2 aliphatic carbocycles. The third-order valence-corrected chi connectivity index (χ3v) is 7.72. The van der Waals surface area contributed by atoms with Crippen LogP contribution in [0.15, 0.2) is 24.3 Å². The number of amides is 2. The first-order chi connectivity index (χ1) is 17.1. The van der Waals surface area contributed by atoms with Crippen LogP contribution in [0.1, 0.15) is 62.5 Å². The average Bonchev–Trinajstić information content (AvgIpc) is 3.47. The summed E-state index contributed by atoms with van der Waals surface area (Å²) in [6.07, 6.45) is 4.71. The van der Waals surface area contributed by atoms with E-state index in [-0.39, 0.29) is 25.8 Å². The van der Waals surface area contributed by atoms with E-state index in [9.17, 15) is 29.4 Å². The third-order valence-electron chi connectivity index (χ3n) is 7.72. The fourth-order valence-corrected chi connectivity index (χ4v) is 5.55. The van der Waals surface area contributed by atoms with Gasteiger partial charge in [-0.05, 0) is 49.8 Å². The van der Waals surface area contributed by atoms with Crippen molar-refractivity contribution >= 4 is 23.8 Å². The second kappa shape index (κ2) is 11.8. The summed E-state index contributed by atoms with van der Waals surface area (Å²) in [5.41, 5.74) is 10.7. The molecule has 8 N–H and O–H groups in total. The zero-order valence-electron chi connectivity index (χ0n) is 20.6. The van der Waals surface area contributed by atoms with Gasteiger partial charge in [0, 0.05) is 19.4 Å². The molecule has 10 heteroatoms. The minimum absolute atomic E-state index is 0.0134. The number of fused-ring (bicyclic) bond motifs is 1. The summed E-state index contributed by atoms with van der Waals surface area (Å²) >= 11 is 0. The maximum atomic E-state index is 13.7. The lowest BCUT2D eigenvalue weighted by molar-refractivity contribution is -0.151. The largest absolute Gasteiger partial charge is 0.481 e. The van der Waals surface area contributed by atoms with Crippen LogP contribution in [0, 0.1) is 11.3 Å². The molecule has 0 aliphatic heterocycles. The van der Waals surface area contributed by atoms with Crippen molar-refractivity contribution in [2.75, 3.05) is 13.1 Å². The molecule has 2 aliphatic rings. The molecule has 0 aromatic heterocycles. The highest BCUT2D eigenvalue weighted by Gasteiger charge is 2.51. The minimum Gasteiger partial charge on any atom is -0.481 e. The standard InChI is InChI=1S/C26H38N4O6/c27-12-6-3-9-20(28)21(31)29-16-19(22(32)33)13-25(10-4-5-11-25)23(34)30-26(24(35)36)14-17-7-1-2-8-18(17)15-26/h1-2,7-8,19-20H,3-6,9-16,27-28H2,(H,29,31)(H,30,34)(H,32,33)(H,35,36)/t19-,20+/m1/s1. The average molecular weight is 503 g/mol. The van der Waals surface area contributed by atoms with Crippen molar-refractivity contribution in [1.82, 2.24) is 10.6 Å². The van der Waals surface area contributed by atoms with Crippen molar-refractivity contribution in [1.29, 1.82) is 0 Å². The van der Waals surface area contributed by atoms with Gasteiger partial charge in [0.2, 0.25) is 11.8 Å². The number of benzene rings is 1. The number of hydrogen-bond donors (Lipinski definition) is 6. The highest BCUT2D eigenvalue weighted by molar-refractivity contribution is 5.92. The second-order valence-corrected chi connectivity index (χ2v) is 10.3. The van der Waals surface area contributed by atoms with Gasteiger partial charge in [-0.2, -0.15) is 0 Å². The SMILES string of the molecule is NCCCC[C@H](N)C(=O)NC[C@@H](CC1(C(=O)NC2(C(=O)O)Cc3ccccc3C2)CCCC1)C(=O)O. The molecule has 2 atom stereocenters. The van der Waals surface area contributed by atoms with Crippen molar-refractivity contribution < 1.29 is 29.4 Å². The van der Waals surface area contributed by atoms with Crippen molar-refractivity contribution in [3.8, 4) is 0 Å². The Morgan fingerprint density at radius 1 is 1.00 bits per heavy atom. The number of carbonyl (C=O) groups excluding carboxylic acids is 2. The second-order valence-electron chi connectivity index (χ2n) is 10.3. The van der Waals surface area contributed by atoms with E-state index in [0.717, 1.165) is 30.4 Å². The number of hydrogen-bond acceptors (Lipinski definition) is 6. The fraction of sp³-hybridized carbons (Fsp3) is 0.615. The van der Waals surface area contributed by atoms with Crippen LogP contribution in [0.3, 0.4) is 0 Å². The lowest BCUT2D eigenvalue weighted by Crippen LogP contribution is -2.59. The number of rotatable bonds is 13. The normalized spacial score (nSPS) is 19.2. The van der Waals surface area contributed by atoms with Crippen LogP contribution >= 0.6 is 0 Å². The van der Waals surface area contributed by atoms with Gasteiger partial charge < -0.3 is 32.3 Å². The molecule has 2 amide bonds.